The SMILES string of the molecule is Cl.O=C(CCC(=O)N1CCc2sccc2C1)N1CCNCC1. The van der Waals surface area contributed by atoms with Crippen LogP contribution in [0.15, 0.2) is 11.4 Å². The standard InChI is InChI=1S/C15H21N3O2S.ClH/c19-14(17-8-5-16-6-9-17)1-2-15(20)18-7-3-13-12(11-18)4-10-21-13;/h4,10,16H,1-3,5-9,11H2;1H. The monoisotopic (exact) mass is 343 g/mol. The van der Waals surface area contributed by atoms with Crippen LogP contribution >= 0.6 is 23.7 Å². The number of carbonyl (C=O) groups excluding carboxylic acids is 2. The zero-order valence-corrected chi connectivity index (χ0v) is 14.2. The van der Waals surface area contributed by atoms with Crippen LogP contribution in [0.1, 0.15) is 23.3 Å². The first kappa shape index (κ1) is 17.2. The molecule has 0 bridgehead atoms. The quantitative estimate of drug-likeness (QED) is 0.899. The molecule has 0 saturated carbocycles. The smallest absolute Gasteiger partial charge is 0.223 e. The topological polar surface area (TPSA) is 52.7 Å². The zero-order valence-electron chi connectivity index (χ0n) is 12.5. The molecule has 2 amide bonds. The van der Waals surface area contributed by atoms with Gasteiger partial charge < -0.3 is 15.1 Å². The van der Waals surface area contributed by atoms with Gasteiger partial charge in [-0.15, -0.1) is 23.7 Å². The van der Waals surface area contributed by atoms with Crippen molar-refractivity contribution in [2.75, 3.05) is 32.7 Å². The third-order valence-electron chi connectivity index (χ3n) is 4.18. The lowest BCUT2D eigenvalue weighted by Crippen LogP contribution is -2.46. The molecule has 1 aromatic heterocycles. The first-order chi connectivity index (χ1) is 10.2. The predicted octanol–water partition coefficient (Wildman–Crippen LogP) is 1.27. The summed E-state index contributed by atoms with van der Waals surface area (Å²) >= 11 is 1.77. The van der Waals surface area contributed by atoms with Gasteiger partial charge in [-0.3, -0.25) is 9.59 Å². The van der Waals surface area contributed by atoms with Crippen molar-refractivity contribution in [3.05, 3.63) is 21.9 Å². The zero-order chi connectivity index (χ0) is 14.7. The molecule has 7 heteroatoms. The minimum Gasteiger partial charge on any atom is -0.340 e. The Hall–Kier alpha value is -1.11. The number of piperazine rings is 1. The van der Waals surface area contributed by atoms with Crippen molar-refractivity contribution in [3.63, 3.8) is 0 Å². The fraction of sp³-hybridized carbons (Fsp3) is 0.600. The summed E-state index contributed by atoms with van der Waals surface area (Å²) in [4.78, 5) is 29.5. The highest BCUT2D eigenvalue weighted by Gasteiger charge is 2.23. The Kier molecular flexibility index (Phi) is 6.23. The summed E-state index contributed by atoms with van der Waals surface area (Å²) in [7, 11) is 0. The maximum Gasteiger partial charge on any atom is 0.223 e. The first-order valence-electron chi connectivity index (χ1n) is 7.55. The third-order valence-corrected chi connectivity index (χ3v) is 5.21. The number of thiophene rings is 1. The lowest BCUT2D eigenvalue weighted by atomic mass is 10.1. The number of halogens is 1. The molecule has 2 aliphatic heterocycles. The van der Waals surface area contributed by atoms with Crippen molar-refractivity contribution in [3.8, 4) is 0 Å². The van der Waals surface area contributed by atoms with E-state index in [9.17, 15) is 9.59 Å². The number of rotatable bonds is 3. The summed E-state index contributed by atoms with van der Waals surface area (Å²) in [5.74, 6) is 0.216. The molecule has 0 aromatic carbocycles. The first-order valence-corrected chi connectivity index (χ1v) is 8.43. The minimum atomic E-state index is 0. The van der Waals surface area contributed by atoms with Crippen LogP contribution in [0.4, 0.5) is 0 Å². The summed E-state index contributed by atoms with van der Waals surface area (Å²) < 4.78 is 0. The Morgan fingerprint density at radius 3 is 2.50 bits per heavy atom. The number of hydrogen-bond donors (Lipinski definition) is 1. The molecule has 122 valence electrons. The molecule has 0 atom stereocenters. The maximum atomic E-state index is 12.3. The molecule has 1 fully saturated rings. The molecule has 3 heterocycles. The van der Waals surface area contributed by atoms with E-state index in [0.29, 0.717) is 19.4 Å². The second-order valence-electron chi connectivity index (χ2n) is 5.57. The second-order valence-corrected chi connectivity index (χ2v) is 6.57. The molecule has 3 rings (SSSR count). The van der Waals surface area contributed by atoms with Gasteiger partial charge in [0.2, 0.25) is 11.8 Å². The molecule has 5 nitrogen and oxygen atoms in total. The van der Waals surface area contributed by atoms with Crippen LogP contribution in [0, 0.1) is 0 Å². The van der Waals surface area contributed by atoms with Crippen LogP contribution in [0.5, 0.6) is 0 Å². The van der Waals surface area contributed by atoms with E-state index in [1.165, 1.54) is 10.4 Å². The number of carbonyl (C=O) groups is 2. The Balaban J connectivity index is 0.00000176. The number of amides is 2. The van der Waals surface area contributed by atoms with Gasteiger partial charge in [-0.25, -0.2) is 0 Å². The van der Waals surface area contributed by atoms with Gasteiger partial charge in [0.05, 0.1) is 0 Å². The lowest BCUT2D eigenvalue weighted by Gasteiger charge is -2.29. The van der Waals surface area contributed by atoms with Crippen molar-refractivity contribution in [2.45, 2.75) is 25.8 Å². The summed E-state index contributed by atoms with van der Waals surface area (Å²) in [6, 6.07) is 2.10. The highest BCUT2D eigenvalue weighted by atomic mass is 35.5. The summed E-state index contributed by atoms with van der Waals surface area (Å²) in [6.45, 7) is 4.72. The van der Waals surface area contributed by atoms with Gasteiger partial charge in [-0.1, -0.05) is 0 Å². The molecule has 2 aliphatic rings. The van der Waals surface area contributed by atoms with E-state index in [2.05, 4.69) is 16.8 Å². The van der Waals surface area contributed by atoms with E-state index in [4.69, 9.17) is 0 Å². The number of hydrogen-bond acceptors (Lipinski definition) is 4. The van der Waals surface area contributed by atoms with E-state index in [-0.39, 0.29) is 24.2 Å². The van der Waals surface area contributed by atoms with Crippen molar-refractivity contribution in [1.29, 1.82) is 0 Å². The molecule has 1 saturated heterocycles. The summed E-state index contributed by atoms with van der Waals surface area (Å²) in [5.41, 5.74) is 1.27. The third kappa shape index (κ3) is 4.00. The van der Waals surface area contributed by atoms with E-state index >= 15 is 0 Å². The fourth-order valence-corrected chi connectivity index (χ4v) is 3.80. The molecular weight excluding hydrogens is 322 g/mol. The van der Waals surface area contributed by atoms with Crippen LogP contribution in [0.25, 0.3) is 0 Å². The van der Waals surface area contributed by atoms with Crippen molar-refractivity contribution in [2.24, 2.45) is 0 Å². The molecule has 1 N–H and O–H groups in total. The number of nitrogens with one attached hydrogen (secondary N) is 1. The van der Waals surface area contributed by atoms with Crippen molar-refractivity contribution < 1.29 is 9.59 Å². The molecule has 22 heavy (non-hydrogen) atoms. The molecule has 1 aromatic rings. The van der Waals surface area contributed by atoms with Crippen molar-refractivity contribution in [1.82, 2.24) is 15.1 Å². The van der Waals surface area contributed by atoms with Gasteiger partial charge in [0.15, 0.2) is 0 Å². The Morgan fingerprint density at radius 1 is 1.09 bits per heavy atom. The van der Waals surface area contributed by atoms with E-state index in [1.807, 2.05) is 9.80 Å². The van der Waals surface area contributed by atoms with Crippen LogP contribution < -0.4 is 5.32 Å². The highest BCUT2D eigenvalue weighted by molar-refractivity contribution is 7.10. The van der Waals surface area contributed by atoms with E-state index in [0.717, 1.165) is 39.1 Å². The van der Waals surface area contributed by atoms with Gasteiger partial charge in [0, 0.05) is 57.0 Å². The number of fused-ring (bicyclic) bond motifs is 1. The fourth-order valence-electron chi connectivity index (χ4n) is 2.91. The predicted molar refractivity (Wildman–Crippen MR) is 89.4 cm³/mol. The maximum absolute atomic E-state index is 12.3. The highest BCUT2D eigenvalue weighted by Crippen LogP contribution is 2.24. The number of nitrogens with zero attached hydrogens (tertiary/aromatic N) is 2. The average molecular weight is 344 g/mol. The van der Waals surface area contributed by atoms with Crippen LogP contribution in [0.3, 0.4) is 0 Å². The normalized spacial score (nSPS) is 17.6. The summed E-state index contributed by atoms with van der Waals surface area (Å²) in [5, 5.41) is 5.31. The van der Waals surface area contributed by atoms with Gasteiger partial charge in [-0.2, -0.15) is 0 Å². The molecule has 0 radical (unpaired) electrons. The molecule has 0 unspecified atom stereocenters. The van der Waals surface area contributed by atoms with Crippen LogP contribution in [-0.2, 0) is 22.6 Å². The second kappa shape index (κ2) is 7.94. The van der Waals surface area contributed by atoms with Gasteiger partial charge in [0.25, 0.3) is 0 Å². The van der Waals surface area contributed by atoms with Gasteiger partial charge >= 0.3 is 0 Å². The molecule has 0 spiro atoms. The van der Waals surface area contributed by atoms with Crippen molar-refractivity contribution >= 4 is 35.6 Å². The Bertz CT molecular complexity index is 529. The minimum absolute atomic E-state index is 0. The Morgan fingerprint density at radius 2 is 1.77 bits per heavy atom. The van der Waals surface area contributed by atoms with Crippen LogP contribution in [-0.4, -0.2) is 54.3 Å². The van der Waals surface area contributed by atoms with E-state index < -0.39 is 0 Å². The van der Waals surface area contributed by atoms with Gasteiger partial charge in [0.1, 0.15) is 0 Å². The summed E-state index contributed by atoms with van der Waals surface area (Å²) in [6.07, 6.45) is 1.62. The van der Waals surface area contributed by atoms with Crippen LogP contribution in [0.2, 0.25) is 0 Å². The molecular formula is C15H22ClN3O2S. The van der Waals surface area contributed by atoms with Gasteiger partial charge in [-0.05, 0) is 23.4 Å². The molecule has 0 aliphatic carbocycles. The van der Waals surface area contributed by atoms with E-state index in [1.54, 1.807) is 11.3 Å². The average Bonchev–Trinajstić information content (AvgIpc) is 3.00. The largest absolute Gasteiger partial charge is 0.340 e. The Labute approximate surface area is 141 Å². The lowest BCUT2D eigenvalue weighted by molar-refractivity contribution is -0.137.